The molecule has 86 valence electrons. The number of aryl methyl sites for hydroxylation is 1. The van der Waals surface area contributed by atoms with Crippen LogP contribution in [0.4, 0.5) is 0 Å². The molecule has 0 amide bonds. The molecule has 1 heterocycles. The maximum Gasteiger partial charge on any atom is 0.241 e. The van der Waals surface area contributed by atoms with Crippen molar-refractivity contribution in [3.63, 3.8) is 0 Å². The highest BCUT2D eigenvalue weighted by Gasteiger charge is 2.12. The minimum absolute atomic E-state index is 0.212. The molecule has 0 aliphatic heterocycles. The van der Waals surface area contributed by atoms with Crippen LogP contribution in [0.25, 0.3) is 0 Å². The number of imidazole rings is 1. The summed E-state index contributed by atoms with van der Waals surface area (Å²) in [5, 5.41) is 0. The number of nitrogens with one attached hydrogen (secondary N) is 1. The van der Waals surface area contributed by atoms with E-state index in [-0.39, 0.29) is 11.5 Å². The fourth-order valence-corrected chi connectivity index (χ4v) is 2.02. The third kappa shape index (κ3) is 3.66. The average Bonchev–Trinajstić information content (AvgIpc) is 2.63. The van der Waals surface area contributed by atoms with Crippen LogP contribution in [-0.4, -0.2) is 24.9 Å². The summed E-state index contributed by atoms with van der Waals surface area (Å²) in [7, 11) is -2.86. The Balaban J connectivity index is 2.59. The van der Waals surface area contributed by atoms with Crippen molar-refractivity contribution in [1.82, 2.24) is 4.98 Å². The Kier molecular flexibility index (Phi) is 3.90. The van der Waals surface area contributed by atoms with Gasteiger partial charge in [-0.05, 0) is 0 Å². The highest BCUT2D eigenvalue weighted by molar-refractivity contribution is 7.91. The average molecular weight is 231 g/mol. The van der Waals surface area contributed by atoms with Crippen LogP contribution in [0.5, 0.6) is 0 Å². The number of hydrogen-bond acceptors (Lipinski definition) is 2. The van der Waals surface area contributed by atoms with Gasteiger partial charge in [-0.2, -0.15) is 0 Å². The van der Waals surface area contributed by atoms with Crippen LogP contribution in [0.15, 0.2) is 12.5 Å². The Morgan fingerprint density at radius 1 is 1.47 bits per heavy atom. The van der Waals surface area contributed by atoms with E-state index in [1.807, 2.05) is 17.1 Å². The Hall–Kier alpha value is -0.840. The number of aromatic amines is 1. The molecule has 15 heavy (non-hydrogen) atoms. The summed E-state index contributed by atoms with van der Waals surface area (Å²) in [6.07, 6.45) is 3.79. The van der Waals surface area contributed by atoms with E-state index in [1.165, 1.54) is 0 Å². The van der Waals surface area contributed by atoms with Gasteiger partial charge < -0.3 is 0 Å². The highest BCUT2D eigenvalue weighted by Crippen LogP contribution is 2.07. The van der Waals surface area contributed by atoms with Crippen LogP contribution in [0.1, 0.15) is 32.4 Å². The van der Waals surface area contributed by atoms with Crippen LogP contribution in [0.2, 0.25) is 0 Å². The highest BCUT2D eigenvalue weighted by atomic mass is 32.2. The lowest BCUT2D eigenvalue weighted by molar-refractivity contribution is -0.691. The zero-order valence-corrected chi connectivity index (χ0v) is 10.3. The van der Waals surface area contributed by atoms with Crippen LogP contribution in [0.3, 0.4) is 0 Å². The van der Waals surface area contributed by atoms with E-state index in [2.05, 4.69) is 18.8 Å². The molecular weight excluding hydrogens is 212 g/mol. The van der Waals surface area contributed by atoms with Crippen LogP contribution >= 0.6 is 0 Å². The predicted molar refractivity (Wildman–Crippen MR) is 59.4 cm³/mol. The Bertz CT molecular complexity index is 407. The first-order valence-corrected chi connectivity index (χ1v) is 7.04. The smallest absolute Gasteiger partial charge is 0.241 e. The molecule has 0 atom stereocenters. The van der Waals surface area contributed by atoms with Gasteiger partial charge in [-0.1, -0.05) is 20.8 Å². The van der Waals surface area contributed by atoms with Gasteiger partial charge in [0.25, 0.3) is 0 Å². The largest absolute Gasteiger partial charge is 0.247 e. The first kappa shape index (κ1) is 12.2. The van der Waals surface area contributed by atoms with Gasteiger partial charge in [-0.15, -0.1) is 0 Å². The van der Waals surface area contributed by atoms with Crippen molar-refractivity contribution in [3.8, 4) is 0 Å². The quantitative estimate of drug-likeness (QED) is 0.764. The van der Waals surface area contributed by atoms with Crippen molar-refractivity contribution in [2.24, 2.45) is 0 Å². The third-order valence-corrected chi connectivity index (χ3v) is 4.11. The first-order valence-electron chi connectivity index (χ1n) is 5.22. The van der Waals surface area contributed by atoms with E-state index >= 15 is 0 Å². The van der Waals surface area contributed by atoms with Gasteiger partial charge in [0.2, 0.25) is 6.33 Å². The summed E-state index contributed by atoms with van der Waals surface area (Å²) in [5.41, 5.74) is 1.13. The van der Waals surface area contributed by atoms with Crippen molar-refractivity contribution in [3.05, 3.63) is 18.2 Å². The van der Waals surface area contributed by atoms with Crippen LogP contribution in [-0.2, 0) is 16.4 Å². The molecule has 1 N–H and O–H groups in total. The molecule has 0 aliphatic carbocycles. The minimum atomic E-state index is -2.86. The molecule has 1 rings (SSSR count). The van der Waals surface area contributed by atoms with Crippen LogP contribution in [0, 0.1) is 0 Å². The second-order valence-corrected chi connectivity index (χ2v) is 6.46. The first-order chi connectivity index (χ1) is 6.94. The van der Waals surface area contributed by atoms with Gasteiger partial charge in [0, 0.05) is 11.7 Å². The molecule has 0 aliphatic rings. The molecule has 0 aromatic carbocycles. The van der Waals surface area contributed by atoms with Crippen LogP contribution < -0.4 is 4.57 Å². The number of aromatic nitrogens is 2. The Morgan fingerprint density at radius 3 is 2.60 bits per heavy atom. The third-order valence-electron chi connectivity index (χ3n) is 2.42. The summed E-state index contributed by atoms with van der Waals surface area (Å²) in [6.45, 7) is 6.40. The van der Waals surface area contributed by atoms with E-state index in [1.54, 1.807) is 6.92 Å². The fraction of sp³-hybridized carbons (Fsp3) is 0.700. The van der Waals surface area contributed by atoms with Crippen molar-refractivity contribution in [2.45, 2.75) is 33.2 Å². The van der Waals surface area contributed by atoms with Crippen molar-refractivity contribution < 1.29 is 13.0 Å². The molecule has 0 saturated heterocycles. The summed E-state index contributed by atoms with van der Waals surface area (Å²) < 4.78 is 24.5. The van der Waals surface area contributed by atoms with Gasteiger partial charge in [0.1, 0.15) is 18.4 Å². The van der Waals surface area contributed by atoms with E-state index in [0.29, 0.717) is 12.5 Å². The fourth-order valence-electron chi connectivity index (χ4n) is 1.24. The van der Waals surface area contributed by atoms with Crippen molar-refractivity contribution in [1.29, 1.82) is 0 Å². The maximum absolute atomic E-state index is 11.3. The molecule has 5 heteroatoms. The zero-order chi connectivity index (χ0) is 11.5. The molecule has 0 bridgehead atoms. The lowest BCUT2D eigenvalue weighted by Crippen LogP contribution is -2.35. The normalized spacial score (nSPS) is 12.3. The van der Waals surface area contributed by atoms with Crippen molar-refractivity contribution in [2.75, 3.05) is 11.5 Å². The lowest BCUT2D eigenvalue weighted by Gasteiger charge is -1.97. The van der Waals surface area contributed by atoms with Gasteiger partial charge in [-0.25, -0.2) is 18.0 Å². The molecule has 0 spiro atoms. The molecule has 4 nitrogen and oxygen atoms in total. The molecule has 1 aromatic rings. The lowest BCUT2D eigenvalue weighted by atomic mass is 10.2. The minimum Gasteiger partial charge on any atom is -0.247 e. The second-order valence-electron chi connectivity index (χ2n) is 3.99. The number of H-pyrrole nitrogens is 1. The molecular formula is C10H19N2O2S+. The van der Waals surface area contributed by atoms with Gasteiger partial charge in [0.15, 0.2) is 9.84 Å². The van der Waals surface area contributed by atoms with Gasteiger partial charge in [0.05, 0.1) is 5.75 Å². The molecule has 0 saturated carbocycles. The van der Waals surface area contributed by atoms with E-state index < -0.39 is 9.84 Å². The number of hydrogen-bond donors (Lipinski definition) is 1. The molecule has 0 radical (unpaired) electrons. The van der Waals surface area contributed by atoms with Crippen molar-refractivity contribution >= 4 is 9.84 Å². The molecule has 1 aromatic heterocycles. The molecule has 0 fully saturated rings. The SMILES string of the molecule is CCS(=O)(=O)CC[n+]1c[nH]c(C(C)C)c1. The summed E-state index contributed by atoms with van der Waals surface area (Å²) >= 11 is 0. The number of rotatable bonds is 5. The van der Waals surface area contributed by atoms with E-state index in [4.69, 9.17) is 0 Å². The second kappa shape index (κ2) is 4.79. The standard InChI is InChI=1S/C10H18N2O2S/c1-4-15(13,14)6-5-12-7-10(9(2)3)11-8-12/h7-9H,4-6H2,1-3H3/p+1. The Labute approximate surface area is 91.3 Å². The summed E-state index contributed by atoms with van der Waals surface area (Å²) in [6, 6.07) is 0. The summed E-state index contributed by atoms with van der Waals surface area (Å²) in [5.74, 6) is 0.868. The number of sulfone groups is 1. The summed E-state index contributed by atoms with van der Waals surface area (Å²) in [4.78, 5) is 3.13. The van der Waals surface area contributed by atoms with Gasteiger partial charge in [-0.3, -0.25) is 0 Å². The predicted octanol–water partition coefficient (Wildman–Crippen LogP) is 0.860. The monoisotopic (exact) mass is 231 g/mol. The number of nitrogens with zero attached hydrogens (tertiary/aromatic N) is 1. The maximum atomic E-state index is 11.3. The van der Waals surface area contributed by atoms with Gasteiger partial charge >= 0.3 is 0 Å². The van der Waals surface area contributed by atoms with E-state index in [9.17, 15) is 8.42 Å². The van der Waals surface area contributed by atoms with E-state index in [0.717, 1.165) is 5.69 Å². The topological polar surface area (TPSA) is 53.8 Å². The Morgan fingerprint density at radius 2 is 2.13 bits per heavy atom. The molecule has 0 unspecified atom stereocenters. The zero-order valence-electron chi connectivity index (χ0n) is 9.53.